The van der Waals surface area contributed by atoms with Gasteiger partial charge in [0.25, 0.3) is 0 Å². The maximum Gasteiger partial charge on any atom is -0.0266 e. The molecule has 2 aliphatic carbocycles. The Morgan fingerprint density at radius 3 is 1.93 bits per heavy atom. The first-order valence-electron chi connectivity index (χ1n) is 14.3. The largest absolute Gasteiger partial charge is 0.0651 e. The molecule has 0 nitrogen and oxygen atoms in total. The molecule has 0 heteroatoms. The average molecular weight is 419 g/mol. The van der Waals surface area contributed by atoms with Crippen molar-refractivity contribution in [3.05, 3.63) is 0 Å². The summed E-state index contributed by atoms with van der Waals surface area (Å²) >= 11 is 0. The molecule has 0 aliphatic heterocycles. The second kappa shape index (κ2) is 12.9. The van der Waals surface area contributed by atoms with Crippen molar-refractivity contribution in [2.75, 3.05) is 0 Å². The molecule has 0 bridgehead atoms. The van der Waals surface area contributed by atoms with Crippen molar-refractivity contribution in [1.29, 1.82) is 0 Å². The Balaban J connectivity index is 1.59. The molecule has 2 fully saturated rings. The van der Waals surface area contributed by atoms with Crippen molar-refractivity contribution in [3.63, 3.8) is 0 Å². The third-order valence-electron chi connectivity index (χ3n) is 9.02. The average Bonchev–Trinajstić information content (AvgIpc) is 3.59. The minimum absolute atomic E-state index is 0.767. The van der Waals surface area contributed by atoms with Crippen LogP contribution in [0, 0.1) is 46.8 Å². The monoisotopic (exact) mass is 418 g/mol. The Kier molecular flexibility index (Phi) is 11.3. The molecule has 0 aromatic heterocycles. The molecule has 2 saturated carbocycles. The summed E-state index contributed by atoms with van der Waals surface area (Å²) in [6.45, 7) is 17.1. The number of rotatable bonds is 18. The van der Waals surface area contributed by atoms with Crippen LogP contribution in [0.2, 0.25) is 0 Å². The first-order chi connectivity index (χ1) is 14.3. The van der Waals surface area contributed by atoms with Crippen molar-refractivity contribution < 1.29 is 0 Å². The van der Waals surface area contributed by atoms with Gasteiger partial charge in [-0.2, -0.15) is 0 Å². The second-order valence-electron chi connectivity index (χ2n) is 12.8. The van der Waals surface area contributed by atoms with E-state index in [2.05, 4.69) is 48.5 Å². The van der Waals surface area contributed by atoms with Gasteiger partial charge in [0.05, 0.1) is 0 Å². The molecule has 0 amide bonds. The van der Waals surface area contributed by atoms with E-state index in [0.717, 1.165) is 46.8 Å². The molecule has 5 unspecified atom stereocenters. The van der Waals surface area contributed by atoms with Crippen LogP contribution in [0.1, 0.15) is 145 Å². The van der Waals surface area contributed by atoms with Gasteiger partial charge in [-0.25, -0.2) is 0 Å². The summed E-state index contributed by atoms with van der Waals surface area (Å²) in [6, 6.07) is 0. The first kappa shape index (κ1) is 26.3. The van der Waals surface area contributed by atoms with E-state index in [1.807, 2.05) is 0 Å². The number of hydrogen-bond acceptors (Lipinski definition) is 0. The van der Waals surface area contributed by atoms with E-state index in [9.17, 15) is 0 Å². The second-order valence-corrected chi connectivity index (χ2v) is 12.8. The zero-order chi connectivity index (χ0) is 22.1. The van der Waals surface area contributed by atoms with Gasteiger partial charge in [0.1, 0.15) is 0 Å². The molecular formula is C30H58. The van der Waals surface area contributed by atoms with Crippen LogP contribution in [0.4, 0.5) is 0 Å². The molecule has 30 heavy (non-hydrogen) atoms. The minimum atomic E-state index is 0.767. The van der Waals surface area contributed by atoms with Gasteiger partial charge >= 0.3 is 0 Å². The van der Waals surface area contributed by atoms with Crippen LogP contribution >= 0.6 is 0 Å². The van der Waals surface area contributed by atoms with Gasteiger partial charge in [0, 0.05) is 0 Å². The zero-order valence-electron chi connectivity index (χ0n) is 22.1. The van der Waals surface area contributed by atoms with Gasteiger partial charge in [0.2, 0.25) is 0 Å². The van der Waals surface area contributed by atoms with Crippen LogP contribution in [-0.2, 0) is 0 Å². The van der Waals surface area contributed by atoms with E-state index in [0.29, 0.717) is 0 Å². The summed E-state index contributed by atoms with van der Waals surface area (Å²) in [5.74, 6) is 6.90. The van der Waals surface area contributed by atoms with Crippen LogP contribution in [-0.4, -0.2) is 0 Å². The summed E-state index contributed by atoms with van der Waals surface area (Å²) in [6.07, 6.45) is 22.3. The molecule has 2 aliphatic rings. The summed E-state index contributed by atoms with van der Waals surface area (Å²) < 4.78 is 0. The summed E-state index contributed by atoms with van der Waals surface area (Å²) in [5, 5.41) is 0. The molecule has 0 saturated heterocycles. The van der Waals surface area contributed by atoms with Gasteiger partial charge < -0.3 is 0 Å². The Hall–Kier alpha value is 0. The van der Waals surface area contributed by atoms with Crippen LogP contribution in [0.15, 0.2) is 0 Å². The normalized spacial score (nSPS) is 25.5. The van der Waals surface area contributed by atoms with Crippen LogP contribution < -0.4 is 0 Å². The Labute approximate surface area is 191 Å². The highest BCUT2D eigenvalue weighted by molar-refractivity contribution is 5.01. The lowest BCUT2D eigenvalue weighted by Crippen LogP contribution is -2.20. The van der Waals surface area contributed by atoms with E-state index in [1.54, 1.807) is 25.7 Å². The SMILES string of the molecule is CCC(CCCC(C)C)C1(CC(C)C2CC2CCCC(C)CCCCC(C)C)CC1. The lowest BCUT2D eigenvalue weighted by molar-refractivity contribution is 0.208. The molecule has 178 valence electrons. The molecule has 0 N–H and O–H groups in total. The predicted molar refractivity (Wildman–Crippen MR) is 136 cm³/mol. The lowest BCUT2D eigenvalue weighted by atomic mass is 9.76. The Morgan fingerprint density at radius 2 is 1.33 bits per heavy atom. The maximum atomic E-state index is 2.61. The molecule has 0 heterocycles. The fourth-order valence-corrected chi connectivity index (χ4v) is 6.67. The van der Waals surface area contributed by atoms with E-state index in [1.165, 1.54) is 70.6 Å². The van der Waals surface area contributed by atoms with Gasteiger partial charge in [-0.15, -0.1) is 0 Å². The minimum Gasteiger partial charge on any atom is -0.0651 e. The van der Waals surface area contributed by atoms with Gasteiger partial charge in [-0.3, -0.25) is 0 Å². The third-order valence-corrected chi connectivity index (χ3v) is 9.02. The topological polar surface area (TPSA) is 0 Å². The van der Waals surface area contributed by atoms with Gasteiger partial charge in [-0.1, -0.05) is 113 Å². The highest BCUT2D eigenvalue weighted by Crippen LogP contribution is 2.61. The zero-order valence-corrected chi connectivity index (χ0v) is 22.1. The number of unbranched alkanes of at least 4 members (excludes halogenated alkanes) is 1. The van der Waals surface area contributed by atoms with Gasteiger partial charge in [-0.05, 0) is 78.9 Å². The van der Waals surface area contributed by atoms with Crippen LogP contribution in [0.3, 0.4) is 0 Å². The van der Waals surface area contributed by atoms with E-state index in [-0.39, 0.29) is 0 Å². The first-order valence-corrected chi connectivity index (χ1v) is 14.3. The van der Waals surface area contributed by atoms with Crippen molar-refractivity contribution in [2.45, 2.75) is 145 Å². The van der Waals surface area contributed by atoms with Crippen LogP contribution in [0.25, 0.3) is 0 Å². The van der Waals surface area contributed by atoms with Gasteiger partial charge in [0.15, 0.2) is 0 Å². The third kappa shape index (κ3) is 9.24. The van der Waals surface area contributed by atoms with Crippen molar-refractivity contribution >= 4 is 0 Å². The lowest BCUT2D eigenvalue weighted by Gasteiger charge is -2.29. The summed E-state index contributed by atoms with van der Waals surface area (Å²) in [7, 11) is 0. The molecule has 0 spiro atoms. The molecule has 0 aromatic carbocycles. The Morgan fingerprint density at radius 1 is 0.733 bits per heavy atom. The predicted octanol–water partition coefficient (Wildman–Crippen LogP) is 10.3. The quantitative estimate of drug-likeness (QED) is 0.194. The van der Waals surface area contributed by atoms with Crippen molar-refractivity contribution in [2.24, 2.45) is 46.8 Å². The summed E-state index contributed by atoms with van der Waals surface area (Å²) in [4.78, 5) is 0. The van der Waals surface area contributed by atoms with Crippen molar-refractivity contribution in [3.8, 4) is 0 Å². The van der Waals surface area contributed by atoms with Crippen LogP contribution in [0.5, 0.6) is 0 Å². The molecule has 5 atom stereocenters. The molecule has 2 rings (SSSR count). The van der Waals surface area contributed by atoms with Crippen molar-refractivity contribution in [1.82, 2.24) is 0 Å². The maximum absolute atomic E-state index is 2.61. The molecular weight excluding hydrogens is 360 g/mol. The summed E-state index contributed by atoms with van der Waals surface area (Å²) in [5.41, 5.74) is 0.767. The standard InChI is InChI=1S/C30H58/c1-8-28(18-11-14-24(4)5)30(19-20-30)22-26(7)29-21-27(29)17-12-16-25(6)15-10-9-13-23(2)3/h23-29H,8-22H2,1-7H3. The van der Waals surface area contributed by atoms with E-state index in [4.69, 9.17) is 0 Å². The smallest absolute Gasteiger partial charge is 0.0266 e. The Bertz CT molecular complexity index is 443. The molecule has 0 radical (unpaired) electrons. The highest BCUT2D eigenvalue weighted by atomic mass is 14.6. The fraction of sp³-hybridized carbons (Fsp3) is 1.00. The fourth-order valence-electron chi connectivity index (χ4n) is 6.67. The highest BCUT2D eigenvalue weighted by Gasteiger charge is 2.51. The van der Waals surface area contributed by atoms with E-state index < -0.39 is 0 Å². The number of hydrogen-bond donors (Lipinski definition) is 0. The van der Waals surface area contributed by atoms with E-state index >= 15 is 0 Å². The molecule has 0 aromatic rings.